The lowest BCUT2D eigenvalue weighted by Gasteiger charge is -2.13. The first kappa shape index (κ1) is 17.0. The summed E-state index contributed by atoms with van der Waals surface area (Å²) in [6, 6.07) is 7.43. The quantitative estimate of drug-likeness (QED) is 0.822. The van der Waals surface area contributed by atoms with Gasteiger partial charge in [-0.1, -0.05) is 17.7 Å². The second-order valence-corrected chi connectivity index (χ2v) is 5.68. The Balaban J connectivity index is 1.93. The summed E-state index contributed by atoms with van der Waals surface area (Å²) in [5.74, 6) is -0.229. The number of carbonyl (C=O) groups excluding carboxylic acids is 2. The van der Waals surface area contributed by atoms with Gasteiger partial charge in [-0.25, -0.2) is 9.78 Å². The first-order valence-electron chi connectivity index (χ1n) is 7.16. The van der Waals surface area contributed by atoms with Crippen molar-refractivity contribution in [2.45, 2.75) is 26.9 Å². The molecule has 0 saturated heterocycles. The fourth-order valence-electron chi connectivity index (χ4n) is 1.71. The molecule has 2 rings (SSSR count). The van der Waals surface area contributed by atoms with Gasteiger partial charge in [0.25, 0.3) is 5.91 Å². The monoisotopic (exact) mass is 334 g/mol. The van der Waals surface area contributed by atoms with Gasteiger partial charge in [0, 0.05) is 5.38 Å². The van der Waals surface area contributed by atoms with Crippen molar-refractivity contribution < 1.29 is 19.1 Å². The summed E-state index contributed by atoms with van der Waals surface area (Å²) in [5.41, 5.74) is 1.29. The van der Waals surface area contributed by atoms with Crippen LogP contribution in [0.25, 0.3) is 0 Å². The molecule has 0 aliphatic carbocycles. The maximum Gasteiger partial charge on any atom is 0.357 e. The highest BCUT2D eigenvalue weighted by Gasteiger charge is 2.18. The minimum Gasteiger partial charge on any atom is -0.481 e. The van der Waals surface area contributed by atoms with Gasteiger partial charge < -0.3 is 9.47 Å². The van der Waals surface area contributed by atoms with Gasteiger partial charge in [-0.05, 0) is 32.9 Å². The number of esters is 1. The van der Waals surface area contributed by atoms with E-state index in [1.807, 2.05) is 19.1 Å². The third-order valence-corrected chi connectivity index (χ3v) is 3.68. The van der Waals surface area contributed by atoms with Gasteiger partial charge in [-0.15, -0.1) is 11.3 Å². The van der Waals surface area contributed by atoms with E-state index >= 15 is 0 Å². The van der Waals surface area contributed by atoms with E-state index in [0.717, 1.165) is 16.9 Å². The highest BCUT2D eigenvalue weighted by molar-refractivity contribution is 7.14. The first-order chi connectivity index (χ1) is 11.0. The number of aryl methyl sites for hydroxylation is 1. The van der Waals surface area contributed by atoms with Crippen LogP contribution in [0.4, 0.5) is 5.13 Å². The van der Waals surface area contributed by atoms with Crippen molar-refractivity contribution >= 4 is 28.3 Å². The molecule has 0 spiro atoms. The standard InChI is InChI=1S/C16H18N2O4S/c1-4-21-15(20)13-9-23-16(17-13)18-14(19)11(3)22-12-7-5-10(2)6-8-12/h5-9,11H,4H2,1-3H3,(H,17,18,19). The number of ether oxygens (including phenoxy) is 2. The third kappa shape index (κ3) is 4.79. The molecular weight excluding hydrogens is 316 g/mol. The maximum atomic E-state index is 12.1. The fourth-order valence-corrected chi connectivity index (χ4v) is 2.39. The lowest BCUT2D eigenvalue weighted by Crippen LogP contribution is -2.30. The molecule has 7 heteroatoms. The van der Waals surface area contributed by atoms with Gasteiger partial charge in [-0.3, -0.25) is 10.1 Å². The van der Waals surface area contributed by atoms with Crippen molar-refractivity contribution in [1.82, 2.24) is 4.98 Å². The Morgan fingerprint density at radius 2 is 2.00 bits per heavy atom. The zero-order valence-corrected chi connectivity index (χ0v) is 14.0. The van der Waals surface area contributed by atoms with Crippen LogP contribution in [0.3, 0.4) is 0 Å². The third-order valence-electron chi connectivity index (χ3n) is 2.92. The number of amides is 1. The molecule has 0 aliphatic rings. The summed E-state index contributed by atoms with van der Waals surface area (Å²) in [6.45, 7) is 5.62. The normalized spacial score (nSPS) is 11.6. The number of nitrogens with zero attached hydrogens (tertiary/aromatic N) is 1. The van der Waals surface area contributed by atoms with Crippen molar-refractivity contribution in [2.75, 3.05) is 11.9 Å². The molecule has 0 radical (unpaired) electrons. The van der Waals surface area contributed by atoms with E-state index in [2.05, 4.69) is 10.3 Å². The van der Waals surface area contributed by atoms with Gasteiger partial charge in [0.1, 0.15) is 5.75 Å². The largest absolute Gasteiger partial charge is 0.481 e. The zero-order chi connectivity index (χ0) is 16.8. The lowest BCUT2D eigenvalue weighted by molar-refractivity contribution is -0.122. The molecule has 1 amide bonds. The Bertz CT molecular complexity index is 682. The highest BCUT2D eigenvalue weighted by atomic mass is 32.1. The minimum atomic E-state index is -0.687. The van der Waals surface area contributed by atoms with Crippen LogP contribution in [0.2, 0.25) is 0 Å². The van der Waals surface area contributed by atoms with Gasteiger partial charge in [0.15, 0.2) is 16.9 Å². The number of rotatable bonds is 6. The highest BCUT2D eigenvalue weighted by Crippen LogP contribution is 2.18. The summed E-state index contributed by atoms with van der Waals surface area (Å²) >= 11 is 1.16. The molecule has 1 heterocycles. The number of anilines is 1. The van der Waals surface area contributed by atoms with Crippen LogP contribution in [0.15, 0.2) is 29.6 Å². The fraction of sp³-hybridized carbons (Fsp3) is 0.312. The van der Waals surface area contributed by atoms with E-state index in [4.69, 9.17) is 9.47 Å². The van der Waals surface area contributed by atoms with Gasteiger partial charge in [0.05, 0.1) is 6.61 Å². The summed E-state index contributed by atoms with van der Waals surface area (Å²) < 4.78 is 10.4. The maximum absolute atomic E-state index is 12.1. The number of hydrogen-bond acceptors (Lipinski definition) is 6. The number of hydrogen-bond donors (Lipinski definition) is 1. The van der Waals surface area contributed by atoms with E-state index in [-0.39, 0.29) is 18.2 Å². The van der Waals surface area contributed by atoms with Crippen LogP contribution in [0, 0.1) is 6.92 Å². The van der Waals surface area contributed by atoms with Crippen LogP contribution in [0.5, 0.6) is 5.75 Å². The van der Waals surface area contributed by atoms with Crippen molar-refractivity contribution in [3.05, 3.63) is 40.9 Å². The lowest BCUT2D eigenvalue weighted by atomic mass is 10.2. The Labute approximate surface area is 138 Å². The molecule has 1 unspecified atom stereocenters. The average molecular weight is 334 g/mol. The first-order valence-corrected chi connectivity index (χ1v) is 8.04. The van der Waals surface area contributed by atoms with E-state index in [1.54, 1.807) is 31.4 Å². The Morgan fingerprint density at radius 3 is 2.65 bits per heavy atom. The smallest absolute Gasteiger partial charge is 0.357 e. The second-order valence-electron chi connectivity index (χ2n) is 4.82. The SMILES string of the molecule is CCOC(=O)c1csc(NC(=O)C(C)Oc2ccc(C)cc2)n1. The van der Waals surface area contributed by atoms with Gasteiger partial charge in [0.2, 0.25) is 0 Å². The molecule has 122 valence electrons. The number of aromatic nitrogens is 1. The van der Waals surface area contributed by atoms with Crippen LogP contribution in [-0.2, 0) is 9.53 Å². The van der Waals surface area contributed by atoms with Gasteiger partial charge in [-0.2, -0.15) is 0 Å². The molecule has 1 aromatic carbocycles. The van der Waals surface area contributed by atoms with Crippen LogP contribution in [0.1, 0.15) is 29.9 Å². The predicted octanol–water partition coefficient (Wildman–Crippen LogP) is 3.03. The average Bonchev–Trinajstić information content (AvgIpc) is 2.98. The minimum absolute atomic E-state index is 0.180. The Morgan fingerprint density at radius 1 is 1.30 bits per heavy atom. The van der Waals surface area contributed by atoms with Crippen molar-refractivity contribution in [3.63, 3.8) is 0 Å². The molecule has 6 nitrogen and oxygen atoms in total. The number of nitrogens with one attached hydrogen (secondary N) is 1. The van der Waals surface area contributed by atoms with Crippen molar-refractivity contribution in [2.24, 2.45) is 0 Å². The molecule has 1 N–H and O–H groups in total. The topological polar surface area (TPSA) is 77.5 Å². The predicted molar refractivity (Wildman–Crippen MR) is 88.0 cm³/mol. The number of carbonyl (C=O) groups is 2. The van der Waals surface area contributed by atoms with Gasteiger partial charge >= 0.3 is 5.97 Å². The molecule has 1 aromatic heterocycles. The molecule has 0 bridgehead atoms. The van der Waals surface area contributed by atoms with E-state index in [1.165, 1.54) is 0 Å². The van der Waals surface area contributed by atoms with Crippen molar-refractivity contribution in [3.8, 4) is 5.75 Å². The van der Waals surface area contributed by atoms with E-state index < -0.39 is 12.1 Å². The zero-order valence-electron chi connectivity index (χ0n) is 13.2. The molecule has 23 heavy (non-hydrogen) atoms. The molecule has 2 aromatic rings. The van der Waals surface area contributed by atoms with Crippen LogP contribution < -0.4 is 10.1 Å². The Kier molecular flexibility index (Phi) is 5.70. The second kappa shape index (κ2) is 7.73. The van der Waals surface area contributed by atoms with E-state index in [9.17, 15) is 9.59 Å². The summed E-state index contributed by atoms with van der Waals surface area (Å²) in [5, 5.41) is 4.50. The van der Waals surface area contributed by atoms with Crippen molar-refractivity contribution in [1.29, 1.82) is 0 Å². The molecule has 0 aliphatic heterocycles. The summed E-state index contributed by atoms with van der Waals surface area (Å²) in [4.78, 5) is 27.7. The summed E-state index contributed by atoms with van der Waals surface area (Å²) in [7, 11) is 0. The summed E-state index contributed by atoms with van der Waals surface area (Å²) in [6.07, 6.45) is -0.687. The Hall–Kier alpha value is -2.41. The van der Waals surface area contributed by atoms with Crippen LogP contribution >= 0.6 is 11.3 Å². The molecule has 1 atom stereocenters. The van der Waals surface area contributed by atoms with E-state index in [0.29, 0.717) is 10.9 Å². The van der Waals surface area contributed by atoms with Crippen LogP contribution in [-0.4, -0.2) is 29.6 Å². The number of thiazole rings is 1. The molecule has 0 fully saturated rings. The molecule has 0 saturated carbocycles. The number of benzene rings is 1. The molecular formula is C16H18N2O4S.